The molecule has 1 aromatic carbocycles. The molecular formula is C10H13FN2. The molecule has 1 fully saturated rings. The Bertz CT molecular complexity index is 332. The van der Waals surface area contributed by atoms with E-state index in [0.29, 0.717) is 5.69 Å². The van der Waals surface area contributed by atoms with E-state index in [4.69, 9.17) is 5.73 Å². The van der Waals surface area contributed by atoms with Crippen LogP contribution in [0, 0.1) is 5.82 Å². The van der Waals surface area contributed by atoms with Gasteiger partial charge in [0.25, 0.3) is 0 Å². The van der Waals surface area contributed by atoms with E-state index in [-0.39, 0.29) is 11.2 Å². The fraction of sp³-hybridized carbons (Fsp3) is 0.400. The van der Waals surface area contributed by atoms with Gasteiger partial charge in [-0.15, -0.1) is 0 Å². The fourth-order valence-corrected chi connectivity index (χ4v) is 1.71. The Kier molecular flexibility index (Phi) is 1.77. The Morgan fingerprint density at radius 1 is 1.46 bits per heavy atom. The molecule has 0 saturated carbocycles. The van der Waals surface area contributed by atoms with E-state index in [1.165, 1.54) is 6.07 Å². The Morgan fingerprint density at radius 2 is 2.15 bits per heavy atom. The predicted octanol–water partition coefficient (Wildman–Crippen LogP) is 1.27. The third-order valence-corrected chi connectivity index (χ3v) is 2.67. The molecule has 0 aliphatic carbocycles. The summed E-state index contributed by atoms with van der Waals surface area (Å²) in [6.07, 6.45) is 0. The lowest BCUT2D eigenvalue weighted by atomic mass is 9.77. The molecule has 1 aliphatic heterocycles. The van der Waals surface area contributed by atoms with Gasteiger partial charge in [-0.2, -0.15) is 0 Å². The van der Waals surface area contributed by atoms with Crippen molar-refractivity contribution >= 4 is 5.69 Å². The minimum Gasteiger partial charge on any atom is -0.399 e. The van der Waals surface area contributed by atoms with Gasteiger partial charge in [0.2, 0.25) is 0 Å². The maximum absolute atomic E-state index is 13.5. The van der Waals surface area contributed by atoms with Crippen LogP contribution >= 0.6 is 0 Å². The quantitative estimate of drug-likeness (QED) is 0.639. The second kappa shape index (κ2) is 2.70. The standard InChI is InChI=1S/C10H13FN2/c1-10(5-13-6-10)8-3-2-7(12)4-9(8)11/h2-4,13H,5-6,12H2,1H3. The summed E-state index contributed by atoms with van der Waals surface area (Å²) in [5.41, 5.74) is 6.68. The lowest BCUT2D eigenvalue weighted by Gasteiger charge is -2.40. The van der Waals surface area contributed by atoms with Crippen LogP contribution in [0.25, 0.3) is 0 Å². The zero-order chi connectivity index (χ0) is 9.47. The zero-order valence-corrected chi connectivity index (χ0v) is 7.60. The van der Waals surface area contributed by atoms with Crippen LogP contribution in [0.15, 0.2) is 18.2 Å². The van der Waals surface area contributed by atoms with E-state index in [9.17, 15) is 4.39 Å². The minimum absolute atomic E-state index is 0.0439. The maximum atomic E-state index is 13.5. The lowest BCUT2D eigenvalue weighted by Crippen LogP contribution is -2.55. The highest BCUT2D eigenvalue weighted by atomic mass is 19.1. The highest BCUT2D eigenvalue weighted by molar-refractivity contribution is 5.43. The molecule has 0 unspecified atom stereocenters. The molecule has 0 amide bonds. The van der Waals surface area contributed by atoms with Crippen molar-refractivity contribution in [3.63, 3.8) is 0 Å². The normalized spacial score (nSPS) is 19.5. The van der Waals surface area contributed by atoms with E-state index in [1.54, 1.807) is 12.1 Å². The van der Waals surface area contributed by atoms with Crippen LogP contribution in [-0.2, 0) is 5.41 Å². The third-order valence-electron chi connectivity index (χ3n) is 2.67. The van der Waals surface area contributed by atoms with Crippen LogP contribution in [0.5, 0.6) is 0 Å². The first kappa shape index (κ1) is 8.51. The molecule has 1 aliphatic rings. The van der Waals surface area contributed by atoms with Crippen LogP contribution in [0.1, 0.15) is 12.5 Å². The largest absolute Gasteiger partial charge is 0.399 e. The molecule has 2 nitrogen and oxygen atoms in total. The van der Waals surface area contributed by atoms with Gasteiger partial charge in [-0.1, -0.05) is 13.0 Å². The number of nitrogens with one attached hydrogen (secondary N) is 1. The Hall–Kier alpha value is -1.09. The molecule has 1 saturated heterocycles. The van der Waals surface area contributed by atoms with E-state index < -0.39 is 0 Å². The molecule has 0 spiro atoms. The van der Waals surface area contributed by atoms with Crippen molar-refractivity contribution in [3.05, 3.63) is 29.6 Å². The molecule has 13 heavy (non-hydrogen) atoms. The second-order valence-corrected chi connectivity index (χ2v) is 3.90. The Morgan fingerprint density at radius 3 is 2.62 bits per heavy atom. The van der Waals surface area contributed by atoms with Gasteiger partial charge in [0, 0.05) is 24.2 Å². The summed E-state index contributed by atoms with van der Waals surface area (Å²) < 4.78 is 13.5. The van der Waals surface area contributed by atoms with Crippen molar-refractivity contribution in [2.24, 2.45) is 0 Å². The summed E-state index contributed by atoms with van der Waals surface area (Å²) in [6.45, 7) is 3.74. The monoisotopic (exact) mass is 180 g/mol. The maximum Gasteiger partial charge on any atom is 0.129 e. The molecule has 0 aromatic heterocycles. The van der Waals surface area contributed by atoms with Crippen molar-refractivity contribution < 1.29 is 4.39 Å². The van der Waals surface area contributed by atoms with Crippen LogP contribution in [-0.4, -0.2) is 13.1 Å². The summed E-state index contributed by atoms with van der Waals surface area (Å²) in [5, 5.41) is 3.14. The highest BCUT2D eigenvalue weighted by Gasteiger charge is 2.35. The summed E-state index contributed by atoms with van der Waals surface area (Å²) in [6, 6.07) is 4.92. The molecule has 0 radical (unpaired) electrons. The van der Waals surface area contributed by atoms with Gasteiger partial charge >= 0.3 is 0 Å². The average molecular weight is 180 g/mol. The molecule has 2 rings (SSSR count). The summed E-state index contributed by atoms with van der Waals surface area (Å²) >= 11 is 0. The summed E-state index contributed by atoms with van der Waals surface area (Å²) in [5.74, 6) is -0.191. The fourth-order valence-electron chi connectivity index (χ4n) is 1.71. The van der Waals surface area contributed by atoms with Crippen molar-refractivity contribution in [3.8, 4) is 0 Å². The van der Waals surface area contributed by atoms with E-state index >= 15 is 0 Å². The van der Waals surface area contributed by atoms with Crippen LogP contribution < -0.4 is 11.1 Å². The molecule has 0 bridgehead atoms. The van der Waals surface area contributed by atoms with Gasteiger partial charge in [0.15, 0.2) is 0 Å². The van der Waals surface area contributed by atoms with Crippen molar-refractivity contribution in [1.29, 1.82) is 0 Å². The molecule has 0 atom stereocenters. The first-order valence-electron chi connectivity index (χ1n) is 4.38. The molecule has 1 heterocycles. The third kappa shape index (κ3) is 1.29. The average Bonchev–Trinajstić information content (AvgIpc) is 2.00. The topological polar surface area (TPSA) is 38.0 Å². The molecule has 3 N–H and O–H groups in total. The van der Waals surface area contributed by atoms with Crippen molar-refractivity contribution in [2.45, 2.75) is 12.3 Å². The van der Waals surface area contributed by atoms with Gasteiger partial charge in [0.1, 0.15) is 5.82 Å². The SMILES string of the molecule is CC1(c2ccc(N)cc2F)CNC1. The number of benzene rings is 1. The first-order chi connectivity index (χ1) is 6.12. The minimum atomic E-state index is -0.191. The molecule has 3 heteroatoms. The molecule has 1 aromatic rings. The predicted molar refractivity (Wildman–Crippen MR) is 51.0 cm³/mol. The van der Waals surface area contributed by atoms with Gasteiger partial charge in [0.05, 0.1) is 0 Å². The Balaban J connectivity index is 2.40. The number of rotatable bonds is 1. The van der Waals surface area contributed by atoms with Crippen molar-refractivity contribution in [2.75, 3.05) is 18.8 Å². The molecule has 70 valence electrons. The second-order valence-electron chi connectivity index (χ2n) is 3.90. The number of hydrogen-bond donors (Lipinski definition) is 2. The number of hydrogen-bond acceptors (Lipinski definition) is 2. The van der Waals surface area contributed by atoms with E-state index in [2.05, 4.69) is 12.2 Å². The van der Waals surface area contributed by atoms with Gasteiger partial charge in [-0.25, -0.2) is 4.39 Å². The highest BCUT2D eigenvalue weighted by Crippen LogP contribution is 2.30. The van der Waals surface area contributed by atoms with Crippen LogP contribution in [0.3, 0.4) is 0 Å². The number of nitrogen functional groups attached to an aromatic ring is 1. The first-order valence-corrected chi connectivity index (χ1v) is 4.38. The van der Waals surface area contributed by atoms with Gasteiger partial charge < -0.3 is 11.1 Å². The van der Waals surface area contributed by atoms with Crippen molar-refractivity contribution in [1.82, 2.24) is 5.32 Å². The molecular weight excluding hydrogens is 167 g/mol. The number of nitrogens with two attached hydrogens (primary N) is 1. The van der Waals surface area contributed by atoms with Crippen LogP contribution in [0.2, 0.25) is 0 Å². The number of anilines is 1. The van der Waals surface area contributed by atoms with E-state index in [1.807, 2.05) is 0 Å². The lowest BCUT2D eigenvalue weighted by molar-refractivity contribution is 0.295. The van der Waals surface area contributed by atoms with Gasteiger partial charge in [-0.3, -0.25) is 0 Å². The van der Waals surface area contributed by atoms with Gasteiger partial charge in [-0.05, 0) is 17.7 Å². The zero-order valence-electron chi connectivity index (χ0n) is 7.60. The summed E-state index contributed by atoms with van der Waals surface area (Å²) in [4.78, 5) is 0. The summed E-state index contributed by atoms with van der Waals surface area (Å²) in [7, 11) is 0. The number of halogens is 1. The van der Waals surface area contributed by atoms with E-state index in [0.717, 1.165) is 18.7 Å². The Labute approximate surface area is 76.9 Å². The smallest absolute Gasteiger partial charge is 0.129 e. The van der Waals surface area contributed by atoms with Crippen LogP contribution in [0.4, 0.5) is 10.1 Å².